The van der Waals surface area contributed by atoms with Crippen molar-refractivity contribution in [1.29, 1.82) is 0 Å². The number of benzene rings is 1. The number of aldehydes is 1. The van der Waals surface area contributed by atoms with Crippen LogP contribution in [0.2, 0.25) is 0 Å². The van der Waals surface area contributed by atoms with Gasteiger partial charge in [0.1, 0.15) is 19.0 Å². The van der Waals surface area contributed by atoms with Gasteiger partial charge in [-0.2, -0.15) is 0 Å². The quantitative estimate of drug-likeness (QED) is 0.128. The number of carbonyl (C=O) groups is 4. The van der Waals surface area contributed by atoms with E-state index in [0.29, 0.717) is 17.6 Å². The molecule has 0 fully saturated rings. The van der Waals surface area contributed by atoms with Crippen LogP contribution in [-0.4, -0.2) is 37.4 Å². The molecule has 1 aromatic rings. The first-order valence-electron chi connectivity index (χ1n) is 7.07. The Kier molecular flexibility index (Phi) is 8.08. The number of hydrogen-bond acceptors (Lipinski definition) is 7. The third kappa shape index (κ3) is 7.08. The van der Waals surface area contributed by atoms with E-state index in [0.717, 1.165) is 12.2 Å². The normalized spacial score (nSPS) is 10.3. The van der Waals surface area contributed by atoms with Crippen LogP contribution in [0.25, 0.3) is 6.08 Å². The highest BCUT2D eigenvalue weighted by Crippen LogP contribution is 2.15. The predicted molar refractivity (Wildman–Crippen MR) is 88.4 cm³/mol. The molecule has 7 heteroatoms. The largest absolute Gasteiger partial charge is 0.459 e. The van der Waals surface area contributed by atoms with Gasteiger partial charge in [-0.1, -0.05) is 25.3 Å². The van der Waals surface area contributed by atoms with E-state index in [-0.39, 0.29) is 18.8 Å². The van der Waals surface area contributed by atoms with Crippen molar-refractivity contribution in [3.63, 3.8) is 0 Å². The van der Waals surface area contributed by atoms with Gasteiger partial charge in [0.15, 0.2) is 6.29 Å². The molecule has 7 nitrogen and oxygen atoms in total. The zero-order valence-corrected chi connectivity index (χ0v) is 13.3. The van der Waals surface area contributed by atoms with Crippen molar-refractivity contribution >= 4 is 30.3 Å². The molecule has 0 saturated heterocycles. The molecule has 0 N–H and O–H groups in total. The summed E-state index contributed by atoms with van der Waals surface area (Å²) < 4.78 is 14.4. The van der Waals surface area contributed by atoms with Gasteiger partial charge in [0.05, 0.1) is 5.57 Å². The zero-order valence-electron chi connectivity index (χ0n) is 13.3. The molecular weight excluding hydrogens is 328 g/mol. The molecule has 0 atom stereocenters. The van der Waals surface area contributed by atoms with Gasteiger partial charge in [0.2, 0.25) is 0 Å². The minimum atomic E-state index is -0.855. The minimum Gasteiger partial charge on any atom is -0.459 e. The third-order valence-corrected chi connectivity index (χ3v) is 2.68. The van der Waals surface area contributed by atoms with Crippen molar-refractivity contribution in [3.05, 3.63) is 60.7 Å². The van der Waals surface area contributed by atoms with Crippen LogP contribution in [0.5, 0.6) is 5.75 Å². The molecule has 130 valence electrons. The van der Waals surface area contributed by atoms with E-state index < -0.39 is 17.9 Å². The van der Waals surface area contributed by atoms with Crippen LogP contribution in [0.1, 0.15) is 5.56 Å². The summed E-state index contributed by atoms with van der Waals surface area (Å²) in [6.07, 6.45) is 3.67. The Labute approximate surface area is 144 Å². The number of hydrogen-bond donors (Lipinski definition) is 0. The minimum absolute atomic E-state index is 0.147. The smallest absolute Gasteiger partial charge is 0.341 e. The molecule has 0 heterocycles. The molecule has 0 radical (unpaired) electrons. The van der Waals surface area contributed by atoms with Crippen LogP contribution >= 0.6 is 0 Å². The highest BCUT2D eigenvalue weighted by molar-refractivity contribution is 6.11. The lowest BCUT2D eigenvalue weighted by Crippen LogP contribution is -2.14. The molecular formula is C18H16O7. The monoisotopic (exact) mass is 344 g/mol. The summed E-state index contributed by atoms with van der Waals surface area (Å²) >= 11 is 0. The van der Waals surface area contributed by atoms with E-state index in [1.54, 1.807) is 12.1 Å². The molecule has 0 bridgehead atoms. The number of esters is 3. The molecule has 1 aromatic carbocycles. The highest BCUT2D eigenvalue weighted by Gasteiger charge is 2.11. The molecule has 0 aliphatic carbocycles. The number of rotatable bonds is 9. The van der Waals surface area contributed by atoms with Crippen molar-refractivity contribution < 1.29 is 33.4 Å². The third-order valence-electron chi connectivity index (χ3n) is 2.68. The fourth-order valence-electron chi connectivity index (χ4n) is 1.53. The van der Waals surface area contributed by atoms with Crippen molar-refractivity contribution in [3.8, 4) is 5.75 Å². The Bertz CT molecular complexity index is 699. The Morgan fingerprint density at radius 3 is 2.08 bits per heavy atom. The van der Waals surface area contributed by atoms with Crippen molar-refractivity contribution in [1.82, 2.24) is 0 Å². The molecule has 1 rings (SSSR count). The maximum Gasteiger partial charge on any atom is 0.341 e. The first-order valence-corrected chi connectivity index (χ1v) is 7.07. The lowest BCUT2D eigenvalue weighted by molar-refractivity contribution is -0.147. The van der Waals surface area contributed by atoms with Gasteiger partial charge in [-0.05, 0) is 23.8 Å². The zero-order chi connectivity index (χ0) is 18.7. The summed E-state index contributed by atoms with van der Waals surface area (Å²) in [5.74, 6) is -1.80. The van der Waals surface area contributed by atoms with Crippen molar-refractivity contribution in [2.75, 3.05) is 13.2 Å². The van der Waals surface area contributed by atoms with Crippen molar-refractivity contribution in [2.45, 2.75) is 0 Å². The van der Waals surface area contributed by atoms with E-state index >= 15 is 0 Å². The Morgan fingerprint density at radius 2 is 1.52 bits per heavy atom. The van der Waals surface area contributed by atoms with E-state index in [9.17, 15) is 19.2 Å². The SMILES string of the molecule is C=CC(=O)OCCOC(=O)/C(C=O)=C/c1ccc(OC(=O)C=C)cc1. The van der Waals surface area contributed by atoms with Crippen LogP contribution in [-0.2, 0) is 28.7 Å². The summed E-state index contributed by atoms with van der Waals surface area (Å²) in [4.78, 5) is 44.7. The van der Waals surface area contributed by atoms with Crippen LogP contribution < -0.4 is 4.74 Å². The average molecular weight is 344 g/mol. The topological polar surface area (TPSA) is 96.0 Å². The van der Waals surface area contributed by atoms with Crippen LogP contribution in [0.3, 0.4) is 0 Å². The number of ether oxygens (including phenoxy) is 3. The molecule has 0 amide bonds. The Hall–Kier alpha value is -3.48. The second-order valence-electron chi connectivity index (χ2n) is 4.42. The summed E-state index contributed by atoms with van der Waals surface area (Å²) in [5, 5.41) is 0. The maximum atomic E-state index is 11.8. The highest BCUT2D eigenvalue weighted by atomic mass is 16.6. The molecule has 0 saturated carbocycles. The molecule has 25 heavy (non-hydrogen) atoms. The maximum absolute atomic E-state index is 11.8. The van der Waals surface area contributed by atoms with E-state index in [1.165, 1.54) is 18.2 Å². The van der Waals surface area contributed by atoms with Gasteiger partial charge in [-0.3, -0.25) is 4.79 Å². The fraction of sp³-hybridized carbons (Fsp3) is 0.111. The van der Waals surface area contributed by atoms with Gasteiger partial charge >= 0.3 is 17.9 Å². The second-order valence-corrected chi connectivity index (χ2v) is 4.42. The lowest BCUT2D eigenvalue weighted by Gasteiger charge is -2.05. The van der Waals surface area contributed by atoms with Crippen LogP contribution in [0.15, 0.2) is 55.1 Å². The van der Waals surface area contributed by atoms with Gasteiger partial charge < -0.3 is 14.2 Å². The second kappa shape index (κ2) is 10.3. The summed E-state index contributed by atoms with van der Waals surface area (Å²) in [6, 6.07) is 6.09. The first-order chi connectivity index (χ1) is 12.0. The van der Waals surface area contributed by atoms with Crippen molar-refractivity contribution in [2.24, 2.45) is 0 Å². The first kappa shape index (κ1) is 19.6. The molecule has 0 unspecified atom stereocenters. The lowest BCUT2D eigenvalue weighted by atomic mass is 10.1. The Balaban J connectivity index is 2.65. The molecule has 0 aromatic heterocycles. The number of carbonyl (C=O) groups excluding carboxylic acids is 4. The summed E-state index contributed by atoms with van der Waals surface area (Å²) in [7, 11) is 0. The van der Waals surface area contributed by atoms with Gasteiger partial charge in [-0.15, -0.1) is 0 Å². The summed E-state index contributed by atoms with van der Waals surface area (Å²) in [5.41, 5.74) is 0.307. The molecule has 0 spiro atoms. The van der Waals surface area contributed by atoms with Gasteiger partial charge in [0, 0.05) is 12.2 Å². The van der Waals surface area contributed by atoms with E-state index in [2.05, 4.69) is 17.9 Å². The van der Waals surface area contributed by atoms with Gasteiger partial charge in [0.25, 0.3) is 0 Å². The van der Waals surface area contributed by atoms with E-state index in [1.807, 2.05) is 0 Å². The van der Waals surface area contributed by atoms with Crippen LogP contribution in [0.4, 0.5) is 0 Å². The summed E-state index contributed by atoms with van der Waals surface area (Å²) in [6.45, 7) is 6.16. The fourth-order valence-corrected chi connectivity index (χ4v) is 1.53. The predicted octanol–water partition coefficient (Wildman–Crippen LogP) is 1.63. The van der Waals surface area contributed by atoms with E-state index in [4.69, 9.17) is 9.47 Å². The molecule has 0 aliphatic heterocycles. The van der Waals surface area contributed by atoms with Crippen LogP contribution in [0, 0.1) is 0 Å². The average Bonchev–Trinajstić information content (AvgIpc) is 2.63. The van der Waals surface area contributed by atoms with Gasteiger partial charge in [-0.25, -0.2) is 14.4 Å². The Morgan fingerprint density at radius 1 is 0.920 bits per heavy atom. The molecule has 0 aliphatic rings. The standard InChI is InChI=1S/C18H16O7/c1-3-16(20)23-9-10-24-18(22)14(12-19)11-13-5-7-15(8-6-13)25-17(21)4-2/h3-8,11-12H,1-2,9-10H2/b14-11+.